The van der Waals surface area contributed by atoms with E-state index in [1.165, 1.54) is 17.6 Å². The Morgan fingerprint density at radius 2 is 1.84 bits per heavy atom. The van der Waals surface area contributed by atoms with E-state index in [9.17, 15) is 13.2 Å². The Kier molecular flexibility index (Phi) is 4.49. The van der Waals surface area contributed by atoms with E-state index in [2.05, 4.69) is 4.99 Å². The van der Waals surface area contributed by atoms with Crippen LogP contribution >= 0.6 is 11.3 Å². The lowest BCUT2D eigenvalue weighted by molar-refractivity contribution is 0.0998. The van der Waals surface area contributed by atoms with E-state index < -0.39 is 9.84 Å². The largest absolute Gasteiger partial charge is 0.497 e. The molecule has 1 amide bonds. The van der Waals surface area contributed by atoms with Gasteiger partial charge in [-0.1, -0.05) is 11.3 Å². The molecule has 0 N–H and O–H groups in total. The van der Waals surface area contributed by atoms with Crippen molar-refractivity contribution < 1.29 is 17.9 Å². The van der Waals surface area contributed by atoms with Gasteiger partial charge in [-0.25, -0.2) is 8.42 Å². The van der Waals surface area contributed by atoms with E-state index in [1.807, 2.05) is 0 Å². The average Bonchev–Trinajstić information content (AvgIpc) is 2.89. The standard InChI is InChI=1S/C17H16N2O4S2/c1-19-14-9-8-13(25(3,21)22)10-15(14)24-17(19)18-16(20)11-4-6-12(23-2)7-5-11/h4-10H,1-3H3. The molecule has 25 heavy (non-hydrogen) atoms. The summed E-state index contributed by atoms with van der Waals surface area (Å²) < 4.78 is 31.0. The highest BCUT2D eigenvalue weighted by atomic mass is 32.2. The van der Waals surface area contributed by atoms with Gasteiger partial charge in [0.2, 0.25) is 0 Å². The second-order valence-electron chi connectivity index (χ2n) is 5.49. The minimum atomic E-state index is -3.28. The number of thiazole rings is 1. The quantitative estimate of drug-likeness (QED) is 0.703. The van der Waals surface area contributed by atoms with Gasteiger partial charge in [-0.3, -0.25) is 4.79 Å². The zero-order valence-electron chi connectivity index (χ0n) is 13.9. The highest BCUT2D eigenvalue weighted by molar-refractivity contribution is 7.90. The third-order valence-electron chi connectivity index (χ3n) is 3.74. The molecule has 3 rings (SSSR count). The van der Waals surface area contributed by atoms with E-state index in [0.717, 1.165) is 10.2 Å². The van der Waals surface area contributed by atoms with Gasteiger partial charge in [0, 0.05) is 18.9 Å². The van der Waals surface area contributed by atoms with Crippen LogP contribution in [0.15, 0.2) is 52.4 Å². The van der Waals surface area contributed by atoms with Gasteiger partial charge in [-0.2, -0.15) is 4.99 Å². The summed E-state index contributed by atoms with van der Waals surface area (Å²) in [6, 6.07) is 11.6. The Hall–Kier alpha value is -2.45. The summed E-state index contributed by atoms with van der Waals surface area (Å²) in [6.07, 6.45) is 1.17. The van der Waals surface area contributed by atoms with E-state index in [4.69, 9.17) is 4.74 Å². The SMILES string of the molecule is COc1ccc(C(=O)N=c2sc3cc(S(C)(=O)=O)ccc3n2C)cc1. The van der Waals surface area contributed by atoms with Gasteiger partial charge in [0.05, 0.1) is 22.2 Å². The van der Waals surface area contributed by atoms with Crippen molar-refractivity contribution in [3.63, 3.8) is 0 Å². The number of ether oxygens (including phenoxy) is 1. The van der Waals surface area contributed by atoms with Crippen molar-refractivity contribution in [1.82, 2.24) is 4.57 Å². The molecule has 8 heteroatoms. The predicted molar refractivity (Wildman–Crippen MR) is 96.8 cm³/mol. The van der Waals surface area contributed by atoms with Gasteiger partial charge in [-0.15, -0.1) is 0 Å². The van der Waals surface area contributed by atoms with Crippen molar-refractivity contribution in [1.29, 1.82) is 0 Å². The van der Waals surface area contributed by atoms with Crippen LogP contribution in [-0.4, -0.2) is 32.3 Å². The van der Waals surface area contributed by atoms with Gasteiger partial charge in [0.25, 0.3) is 5.91 Å². The van der Waals surface area contributed by atoms with E-state index in [1.54, 1.807) is 61.2 Å². The maximum atomic E-state index is 12.4. The smallest absolute Gasteiger partial charge is 0.279 e. The number of rotatable bonds is 3. The lowest BCUT2D eigenvalue weighted by Gasteiger charge is -2.00. The lowest BCUT2D eigenvalue weighted by Crippen LogP contribution is -2.13. The molecule has 130 valence electrons. The van der Waals surface area contributed by atoms with Gasteiger partial charge >= 0.3 is 0 Å². The van der Waals surface area contributed by atoms with Crippen molar-refractivity contribution in [2.24, 2.45) is 12.0 Å². The number of fused-ring (bicyclic) bond motifs is 1. The minimum absolute atomic E-state index is 0.245. The second-order valence-corrected chi connectivity index (χ2v) is 8.52. The molecular formula is C17H16N2O4S2. The zero-order chi connectivity index (χ0) is 18.2. The van der Waals surface area contributed by atoms with E-state index >= 15 is 0 Å². The number of hydrogen-bond acceptors (Lipinski definition) is 5. The molecule has 1 heterocycles. The van der Waals surface area contributed by atoms with Gasteiger partial charge in [0.15, 0.2) is 14.6 Å². The summed E-state index contributed by atoms with van der Waals surface area (Å²) in [4.78, 5) is 17.3. The molecule has 0 saturated heterocycles. The predicted octanol–water partition coefficient (Wildman–Crippen LogP) is 2.39. The summed E-state index contributed by atoms with van der Waals surface area (Å²) in [5, 5.41) is 0. The Morgan fingerprint density at radius 1 is 1.16 bits per heavy atom. The second kappa shape index (κ2) is 6.45. The summed E-state index contributed by atoms with van der Waals surface area (Å²) in [5.74, 6) is 0.297. The van der Waals surface area contributed by atoms with Crippen molar-refractivity contribution >= 4 is 37.3 Å². The van der Waals surface area contributed by atoms with Crippen LogP contribution in [0, 0.1) is 0 Å². The number of sulfone groups is 1. The minimum Gasteiger partial charge on any atom is -0.497 e. The van der Waals surface area contributed by atoms with Crippen molar-refractivity contribution in [2.75, 3.05) is 13.4 Å². The van der Waals surface area contributed by atoms with Crippen LogP contribution < -0.4 is 9.54 Å². The van der Waals surface area contributed by atoms with Crippen LogP contribution in [0.1, 0.15) is 10.4 Å². The maximum Gasteiger partial charge on any atom is 0.279 e. The number of methoxy groups -OCH3 is 1. The monoisotopic (exact) mass is 376 g/mol. The van der Waals surface area contributed by atoms with Crippen molar-refractivity contribution in [3.05, 3.63) is 52.8 Å². The first kappa shape index (κ1) is 17.4. The number of benzene rings is 2. The molecule has 1 aromatic heterocycles. The summed E-state index contributed by atoms with van der Waals surface area (Å²) in [6.45, 7) is 0. The van der Waals surface area contributed by atoms with Crippen LogP contribution in [0.2, 0.25) is 0 Å². The van der Waals surface area contributed by atoms with Crippen LogP contribution in [0.4, 0.5) is 0 Å². The van der Waals surface area contributed by atoms with Crippen LogP contribution in [-0.2, 0) is 16.9 Å². The number of hydrogen-bond donors (Lipinski definition) is 0. The molecule has 0 aliphatic rings. The third-order valence-corrected chi connectivity index (χ3v) is 5.95. The first-order valence-electron chi connectivity index (χ1n) is 7.32. The summed E-state index contributed by atoms with van der Waals surface area (Å²) in [7, 11) is 0.0669. The number of amides is 1. The molecule has 0 fully saturated rings. The van der Waals surface area contributed by atoms with Crippen LogP contribution in [0.5, 0.6) is 5.75 Å². The molecule has 0 aliphatic heterocycles. The Morgan fingerprint density at radius 3 is 2.44 bits per heavy atom. The maximum absolute atomic E-state index is 12.4. The summed E-state index contributed by atoms with van der Waals surface area (Å²) in [5.41, 5.74) is 1.27. The highest BCUT2D eigenvalue weighted by Gasteiger charge is 2.11. The fraction of sp³-hybridized carbons (Fsp3) is 0.176. The van der Waals surface area contributed by atoms with Crippen LogP contribution in [0.3, 0.4) is 0 Å². The Bertz CT molecular complexity index is 1120. The Labute approximate surface area is 148 Å². The molecule has 2 aromatic carbocycles. The van der Waals surface area contributed by atoms with Gasteiger partial charge < -0.3 is 9.30 Å². The number of carbonyl (C=O) groups excluding carboxylic acids is 1. The average molecular weight is 376 g/mol. The molecule has 0 aliphatic carbocycles. The van der Waals surface area contributed by atoms with Crippen molar-refractivity contribution in [2.45, 2.75) is 4.90 Å². The molecule has 0 spiro atoms. The number of carbonyl (C=O) groups is 1. The molecule has 0 radical (unpaired) electrons. The summed E-state index contributed by atoms with van der Waals surface area (Å²) >= 11 is 1.27. The number of aryl methyl sites for hydroxylation is 1. The van der Waals surface area contributed by atoms with E-state index in [-0.39, 0.29) is 10.8 Å². The molecule has 0 atom stereocenters. The first-order valence-corrected chi connectivity index (χ1v) is 10.0. The van der Waals surface area contributed by atoms with Crippen molar-refractivity contribution in [3.8, 4) is 5.75 Å². The Balaban J connectivity index is 2.06. The molecule has 3 aromatic rings. The fourth-order valence-corrected chi connectivity index (χ4v) is 4.11. The van der Waals surface area contributed by atoms with Crippen LogP contribution in [0.25, 0.3) is 10.2 Å². The van der Waals surface area contributed by atoms with Gasteiger partial charge in [0.1, 0.15) is 5.75 Å². The molecule has 0 saturated carbocycles. The molecular weight excluding hydrogens is 360 g/mol. The molecule has 6 nitrogen and oxygen atoms in total. The first-order chi connectivity index (χ1) is 11.8. The normalized spacial score (nSPS) is 12.5. The van der Waals surface area contributed by atoms with Gasteiger partial charge in [-0.05, 0) is 42.5 Å². The zero-order valence-corrected chi connectivity index (χ0v) is 15.5. The molecule has 0 bridgehead atoms. The van der Waals surface area contributed by atoms with E-state index in [0.29, 0.717) is 16.1 Å². The lowest BCUT2D eigenvalue weighted by atomic mass is 10.2. The fourth-order valence-electron chi connectivity index (χ4n) is 2.34. The number of aromatic nitrogens is 1. The molecule has 0 unspecified atom stereocenters. The third kappa shape index (κ3) is 3.49. The topological polar surface area (TPSA) is 77.7 Å². The number of nitrogens with zero attached hydrogens (tertiary/aromatic N) is 2. The highest BCUT2D eigenvalue weighted by Crippen LogP contribution is 2.21.